The van der Waals surface area contributed by atoms with Crippen LogP contribution in [0.4, 0.5) is 0 Å². The second kappa shape index (κ2) is 14.9. The number of amides is 1. The highest BCUT2D eigenvalue weighted by Gasteiger charge is 2.14. The molecule has 4 aromatic carbocycles. The molecule has 0 aliphatic carbocycles. The molecule has 0 saturated heterocycles. The lowest BCUT2D eigenvalue weighted by atomic mass is 10.2. The van der Waals surface area contributed by atoms with Crippen molar-refractivity contribution in [3.05, 3.63) is 120 Å². The van der Waals surface area contributed by atoms with Crippen LogP contribution in [0.25, 0.3) is 0 Å². The number of nitrogens with zero attached hydrogens (tertiary/aromatic N) is 1. The van der Waals surface area contributed by atoms with E-state index in [1.165, 1.54) is 6.21 Å². The van der Waals surface area contributed by atoms with E-state index in [0.29, 0.717) is 47.3 Å². The van der Waals surface area contributed by atoms with Gasteiger partial charge in [0.15, 0.2) is 6.10 Å². The van der Waals surface area contributed by atoms with Gasteiger partial charge in [0, 0.05) is 0 Å². The third-order valence-electron chi connectivity index (χ3n) is 5.80. The second-order valence-corrected chi connectivity index (χ2v) is 9.07. The van der Waals surface area contributed by atoms with E-state index in [-0.39, 0.29) is 0 Å². The molecule has 0 bridgehead atoms. The molecule has 1 unspecified atom stereocenters. The number of carbonyl (C=O) groups is 2. The molecule has 1 atom stereocenters. The molecule has 0 saturated carbocycles. The van der Waals surface area contributed by atoms with Crippen LogP contribution in [0.15, 0.2) is 108 Å². The minimum absolute atomic E-state index is 0.390. The van der Waals surface area contributed by atoms with Crippen LogP contribution in [0.3, 0.4) is 0 Å². The van der Waals surface area contributed by atoms with E-state index < -0.39 is 18.0 Å². The predicted molar refractivity (Wildman–Crippen MR) is 157 cm³/mol. The van der Waals surface area contributed by atoms with Crippen LogP contribution < -0.4 is 24.4 Å². The molecule has 1 N–H and O–H groups in total. The summed E-state index contributed by atoms with van der Waals surface area (Å²) < 4.78 is 22.4. The fraction of sp³-hybridized carbons (Fsp3) is 0.182. The predicted octanol–water partition coefficient (Wildman–Crippen LogP) is 6.19. The largest absolute Gasteiger partial charge is 0.494 e. The van der Waals surface area contributed by atoms with Gasteiger partial charge in [0.25, 0.3) is 5.91 Å². The minimum Gasteiger partial charge on any atom is -0.494 e. The Labute approximate surface area is 239 Å². The van der Waals surface area contributed by atoms with Gasteiger partial charge < -0.3 is 18.9 Å². The summed E-state index contributed by atoms with van der Waals surface area (Å²) in [6.07, 6.45) is 1.63. The van der Waals surface area contributed by atoms with Crippen molar-refractivity contribution >= 4 is 18.1 Å². The summed E-state index contributed by atoms with van der Waals surface area (Å²) in [5.74, 6) is 1.47. The number of ether oxygens (including phenoxy) is 4. The van der Waals surface area contributed by atoms with Gasteiger partial charge in [-0.15, -0.1) is 0 Å². The number of hydrazone groups is 1. The maximum atomic E-state index is 12.4. The van der Waals surface area contributed by atoms with E-state index in [2.05, 4.69) is 10.5 Å². The summed E-state index contributed by atoms with van der Waals surface area (Å²) in [6.45, 7) is 4.76. The van der Waals surface area contributed by atoms with Crippen molar-refractivity contribution in [1.29, 1.82) is 0 Å². The van der Waals surface area contributed by atoms with Crippen molar-refractivity contribution in [3.8, 4) is 23.0 Å². The molecule has 0 aliphatic heterocycles. The highest BCUT2D eigenvalue weighted by Crippen LogP contribution is 2.20. The van der Waals surface area contributed by atoms with E-state index in [9.17, 15) is 9.59 Å². The van der Waals surface area contributed by atoms with Crippen LogP contribution in [-0.2, 0) is 11.4 Å². The SMILES string of the molecule is CCCOc1ccc(C(=O)Oc2ccc(/C=N/NC(=O)C(C)Oc3ccc(OCc4ccccc4)cc3)cc2)cc1. The zero-order valence-corrected chi connectivity index (χ0v) is 23.0. The molecule has 0 radical (unpaired) electrons. The number of hydrogen-bond acceptors (Lipinski definition) is 7. The Morgan fingerprint density at radius 3 is 2.07 bits per heavy atom. The quantitative estimate of drug-likeness (QED) is 0.0920. The van der Waals surface area contributed by atoms with E-state index in [1.54, 1.807) is 79.7 Å². The van der Waals surface area contributed by atoms with Crippen LogP contribution in [-0.4, -0.2) is 30.8 Å². The molecule has 0 aliphatic rings. The minimum atomic E-state index is -0.766. The molecule has 8 nitrogen and oxygen atoms in total. The lowest BCUT2D eigenvalue weighted by Crippen LogP contribution is -2.33. The van der Waals surface area contributed by atoms with Gasteiger partial charge in [0.05, 0.1) is 18.4 Å². The maximum Gasteiger partial charge on any atom is 0.343 e. The first-order valence-corrected chi connectivity index (χ1v) is 13.3. The molecule has 8 heteroatoms. The topological polar surface area (TPSA) is 95.5 Å². The average Bonchev–Trinajstić information content (AvgIpc) is 3.01. The molecule has 4 rings (SSSR count). The normalized spacial score (nSPS) is 11.5. The van der Waals surface area contributed by atoms with E-state index >= 15 is 0 Å². The molecular formula is C33H32N2O6. The fourth-order valence-electron chi connectivity index (χ4n) is 3.57. The van der Waals surface area contributed by atoms with Crippen molar-refractivity contribution in [2.24, 2.45) is 5.10 Å². The number of rotatable bonds is 13. The highest BCUT2D eigenvalue weighted by molar-refractivity contribution is 5.91. The number of benzene rings is 4. The van der Waals surface area contributed by atoms with E-state index in [1.807, 2.05) is 37.3 Å². The van der Waals surface area contributed by atoms with Gasteiger partial charge >= 0.3 is 5.97 Å². The van der Waals surface area contributed by atoms with Gasteiger partial charge in [-0.3, -0.25) is 4.79 Å². The molecule has 0 spiro atoms. The molecule has 1 amide bonds. The second-order valence-electron chi connectivity index (χ2n) is 9.07. The van der Waals surface area contributed by atoms with Gasteiger partial charge in [-0.2, -0.15) is 5.10 Å². The zero-order chi connectivity index (χ0) is 28.9. The Balaban J connectivity index is 1.20. The third kappa shape index (κ3) is 9.25. The summed E-state index contributed by atoms with van der Waals surface area (Å²) >= 11 is 0. The number of hydrogen-bond donors (Lipinski definition) is 1. The van der Waals surface area contributed by atoms with Gasteiger partial charge in [-0.25, -0.2) is 10.2 Å². The lowest BCUT2D eigenvalue weighted by Gasteiger charge is -2.13. The highest BCUT2D eigenvalue weighted by atomic mass is 16.5. The van der Waals surface area contributed by atoms with Crippen LogP contribution in [0, 0.1) is 0 Å². The maximum absolute atomic E-state index is 12.4. The fourth-order valence-corrected chi connectivity index (χ4v) is 3.57. The number of carbonyl (C=O) groups excluding carboxylic acids is 2. The zero-order valence-electron chi connectivity index (χ0n) is 23.0. The molecule has 0 heterocycles. The molecular weight excluding hydrogens is 520 g/mol. The molecule has 210 valence electrons. The van der Waals surface area contributed by atoms with Crippen LogP contribution in [0.1, 0.15) is 41.8 Å². The van der Waals surface area contributed by atoms with E-state index in [4.69, 9.17) is 18.9 Å². The van der Waals surface area contributed by atoms with Crippen molar-refractivity contribution in [2.45, 2.75) is 33.0 Å². The first-order chi connectivity index (χ1) is 20.0. The lowest BCUT2D eigenvalue weighted by molar-refractivity contribution is -0.127. The Kier molecular flexibility index (Phi) is 10.5. The summed E-state index contributed by atoms with van der Waals surface area (Å²) in [7, 11) is 0. The Morgan fingerprint density at radius 2 is 1.39 bits per heavy atom. The third-order valence-corrected chi connectivity index (χ3v) is 5.80. The van der Waals surface area contributed by atoms with Crippen molar-refractivity contribution < 1.29 is 28.5 Å². The number of nitrogens with one attached hydrogen (secondary N) is 1. The first-order valence-electron chi connectivity index (χ1n) is 13.3. The average molecular weight is 553 g/mol. The summed E-state index contributed by atoms with van der Waals surface area (Å²) in [4.78, 5) is 24.8. The molecule has 0 aromatic heterocycles. The first kappa shape index (κ1) is 28.9. The van der Waals surface area contributed by atoms with Crippen molar-refractivity contribution in [2.75, 3.05) is 6.61 Å². The van der Waals surface area contributed by atoms with E-state index in [0.717, 1.165) is 12.0 Å². The molecule has 0 fully saturated rings. The van der Waals surface area contributed by atoms with Crippen LogP contribution >= 0.6 is 0 Å². The number of esters is 1. The van der Waals surface area contributed by atoms with Gasteiger partial charge in [0.2, 0.25) is 0 Å². The summed E-state index contributed by atoms with van der Waals surface area (Å²) in [5, 5.41) is 3.99. The van der Waals surface area contributed by atoms with Crippen molar-refractivity contribution in [3.63, 3.8) is 0 Å². The Morgan fingerprint density at radius 1 is 0.780 bits per heavy atom. The van der Waals surface area contributed by atoms with Gasteiger partial charge in [0.1, 0.15) is 29.6 Å². The monoisotopic (exact) mass is 552 g/mol. The molecule has 4 aromatic rings. The Hall–Kier alpha value is -5.11. The Bertz CT molecular complexity index is 1420. The van der Waals surface area contributed by atoms with Crippen LogP contribution in [0.2, 0.25) is 0 Å². The summed E-state index contributed by atoms with van der Waals surface area (Å²) in [6, 6.07) is 30.5. The van der Waals surface area contributed by atoms with Crippen LogP contribution in [0.5, 0.6) is 23.0 Å². The molecule has 41 heavy (non-hydrogen) atoms. The standard InChI is InChI=1S/C33H32N2O6/c1-3-21-38-28-15-11-27(12-16-28)33(37)41-31-13-9-25(10-14-31)22-34-35-32(36)24(2)40-30-19-17-29(18-20-30)39-23-26-7-5-4-6-8-26/h4-20,22,24H,3,21,23H2,1-2H3,(H,35,36)/b34-22+. The smallest absolute Gasteiger partial charge is 0.343 e. The van der Waals surface area contributed by atoms with Gasteiger partial charge in [-0.05, 0) is 97.3 Å². The summed E-state index contributed by atoms with van der Waals surface area (Å²) in [5.41, 5.74) is 4.68. The van der Waals surface area contributed by atoms with Gasteiger partial charge in [-0.1, -0.05) is 37.3 Å². The van der Waals surface area contributed by atoms with Crippen molar-refractivity contribution in [1.82, 2.24) is 5.43 Å².